The van der Waals surface area contributed by atoms with E-state index in [0.29, 0.717) is 10.8 Å². The van der Waals surface area contributed by atoms with Crippen LogP contribution in [0.2, 0.25) is 5.02 Å². The maximum Gasteiger partial charge on any atom is 0.0549 e. The maximum absolute atomic E-state index is 12.5. The van der Waals surface area contributed by atoms with Gasteiger partial charge in [-0.15, -0.1) is 0 Å². The number of hydrogen-bond acceptors (Lipinski definition) is 2. The number of aryl methyl sites for hydroxylation is 1. The molecule has 0 radical (unpaired) electrons. The van der Waals surface area contributed by atoms with Crippen molar-refractivity contribution in [3.8, 4) is 0 Å². The lowest BCUT2D eigenvalue weighted by molar-refractivity contribution is 0.633. The molecule has 0 fully saturated rings. The Morgan fingerprint density at radius 2 is 1.95 bits per heavy atom. The zero-order valence-corrected chi connectivity index (χ0v) is 13.2. The van der Waals surface area contributed by atoms with E-state index in [0.717, 1.165) is 4.90 Å². The van der Waals surface area contributed by atoms with Crippen LogP contribution >= 0.6 is 11.6 Å². The first kappa shape index (κ1) is 15.2. The minimum absolute atomic E-state index is 0.0658. The third kappa shape index (κ3) is 3.69. The van der Waals surface area contributed by atoms with Gasteiger partial charge in [-0.25, -0.2) is 0 Å². The maximum atomic E-state index is 12.5. The summed E-state index contributed by atoms with van der Waals surface area (Å²) in [5.41, 5.74) is 2.39. The Kier molecular flexibility index (Phi) is 5.35. The Labute approximate surface area is 127 Å². The van der Waals surface area contributed by atoms with Crippen LogP contribution in [-0.2, 0) is 10.8 Å². The Morgan fingerprint density at radius 3 is 2.60 bits per heavy atom. The first-order valence-corrected chi connectivity index (χ1v) is 8.18. The van der Waals surface area contributed by atoms with Crippen LogP contribution in [0.5, 0.6) is 0 Å². The molecule has 4 heteroatoms. The predicted octanol–water partition coefficient (Wildman–Crippen LogP) is 3.72. The molecule has 2 unspecified atom stereocenters. The van der Waals surface area contributed by atoms with Gasteiger partial charge < -0.3 is 5.32 Å². The summed E-state index contributed by atoms with van der Waals surface area (Å²) in [5, 5.41) is 3.87. The smallest absolute Gasteiger partial charge is 0.0549 e. The molecule has 0 bridgehead atoms. The van der Waals surface area contributed by atoms with E-state index < -0.39 is 10.8 Å². The highest BCUT2D eigenvalue weighted by atomic mass is 35.5. The molecule has 20 heavy (non-hydrogen) atoms. The standard InChI is InChI=1S/C16H18ClNOS/c1-12-6-3-4-9-15(12)16(18-2)11-20(19)14-8-5-7-13(17)10-14/h3-10,16,18H,11H2,1-2H3. The van der Waals surface area contributed by atoms with Gasteiger partial charge in [-0.2, -0.15) is 0 Å². The van der Waals surface area contributed by atoms with Crippen molar-refractivity contribution in [3.63, 3.8) is 0 Å². The number of rotatable bonds is 5. The van der Waals surface area contributed by atoms with Crippen molar-refractivity contribution >= 4 is 22.4 Å². The molecular formula is C16H18ClNOS. The second kappa shape index (κ2) is 7.02. The molecule has 0 aromatic heterocycles. The van der Waals surface area contributed by atoms with Gasteiger partial charge in [0.25, 0.3) is 0 Å². The van der Waals surface area contributed by atoms with Crippen LogP contribution in [0.4, 0.5) is 0 Å². The van der Waals surface area contributed by atoms with Gasteiger partial charge in [0.15, 0.2) is 0 Å². The summed E-state index contributed by atoms with van der Waals surface area (Å²) in [6.45, 7) is 2.07. The van der Waals surface area contributed by atoms with Crippen LogP contribution in [0.1, 0.15) is 17.2 Å². The molecule has 1 N–H and O–H groups in total. The highest BCUT2D eigenvalue weighted by molar-refractivity contribution is 7.85. The van der Waals surface area contributed by atoms with Gasteiger partial charge in [-0.1, -0.05) is 41.9 Å². The normalized spacial score (nSPS) is 13.9. The van der Waals surface area contributed by atoms with Crippen LogP contribution in [0.3, 0.4) is 0 Å². The molecule has 0 saturated heterocycles. The quantitative estimate of drug-likeness (QED) is 0.912. The third-order valence-electron chi connectivity index (χ3n) is 3.29. The molecule has 0 aliphatic carbocycles. The predicted molar refractivity (Wildman–Crippen MR) is 85.7 cm³/mol. The molecule has 2 atom stereocenters. The van der Waals surface area contributed by atoms with E-state index in [2.05, 4.69) is 24.4 Å². The average molecular weight is 308 g/mol. The van der Waals surface area contributed by atoms with E-state index in [1.54, 1.807) is 12.1 Å². The summed E-state index contributed by atoms with van der Waals surface area (Å²) in [5.74, 6) is 0.529. The lowest BCUT2D eigenvalue weighted by atomic mass is 10.0. The van der Waals surface area contributed by atoms with Crippen molar-refractivity contribution < 1.29 is 4.21 Å². The molecule has 0 amide bonds. The number of benzene rings is 2. The summed E-state index contributed by atoms with van der Waals surface area (Å²) in [4.78, 5) is 0.770. The molecule has 2 aromatic carbocycles. The third-order valence-corrected chi connectivity index (χ3v) is 4.94. The average Bonchev–Trinajstić information content (AvgIpc) is 2.45. The fourth-order valence-electron chi connectivity index (χ4n) is 2.16. The Hall–Kier alpha value is -1.16. The van der Waals surface area contributed by atoms with Gasteiger partial charge in [0.1, 0.15) is 0 Å². The van der Waals surface area contributed by atoms with Gasteiger partial charge in [0, 0.05) is 21.7 Å². The van der Waals surface area contributed by atoms with Gasteiger partial charge in [-0.3, -0.25) is 4.21 Å². The summed E-state index contributed by atoms with van der Waals surface area (Å²) < 4.78 is 12.5. The fourth-order valence-corrected chi connectivity index (χ4v) is 3.75. The lowest BCUT2D eigenvalue weighted by Gasteiger charge is -2.18. The second-order valence-electron chi connectivity index (χ2n) is 4.67. The monoisotopic (exact) mass is 307 g/mol. The van der Waals surface area contributed by atoms with Crippen LogP contribution in [0, 0.1) is 6.92 Å². The second-order valence-corrected chi connectivity index (χ2v) is 6.60. The van der Waals surface area contributed by atoms with E-state index in [4.69, 9.17) is 11.6 Å². The van der Waals surface area contributed by atoms with E-state index in [1.165, 1.54) is 11.1 Å². The Morgan fingerprint density at radius 1 is 1.20 bits per heavy atom. The molecule has 2 rings (SSSR count). The topological polar surface area (TPSA) is 29.1 Å². The molecule has 0 heterocycles. The lowest BCUT2D eigenvalue weighted by Crippen LogP contribution is -2.23. The van der Waals surface area contributed by atoms with Crippen molar-refractivity contribution in [2.24, 2.45) is 0 Å². The Balaban J connectivity index is 2.19. The van der Waals surface area contributed by atoms with Crippen molar-refractivity contribution in [2.45, 2.75) is 17.9 Å². The van der Waals surface area contributed by atoms with E-state index >= 15 is 0 Å². The van der Waals surface area contributed by atoms with E-state index in [1.807, 2.05) is 31.3 Å². The summed E-state index contributed by atoms with van der Waals surface area (Å²) >= 11 is 5.95. The summed E-state index contributed by atoms with van der Waals surface area (Å²) in [6.07, 6.45) is 0. The first-order valence-electron chi connectivity index (χ1n) is 6.48. The minimum atomic E-state index is -1.08. The molecular weight excluding hydrogens is 290 g/mol. The van der Waals surface area contributed by atoms with Crippen LogP contribution in [0.25, 0.3) is 0 Å². The molecule has 2 nitrogen and oxygen atoms in total. The number of halogens is 1. The highest BCUT2D eigenvalue weighted by Crippen LogP contribution is 2.21. The van der Waals surface area contributed by atoms with Gasteiger partial charge >= 0.3 is 0 Å². The Bertz CT molecular complexity index is 615. The largest absolute Gasteiger partial charge is 0.312 e. The van der Waals surface area contributed by atoms with E-state index in [9.17, 15) is 4.21 Å². The zero-order chi connectivity index (χ0) is 14.5. The molecule has 106 valence electrons. The molecule has 0 aliphatic rings. The van der Waals surface area contributed by atoms with E-state index in [-0.39, 0.29) is 6.04 Å². The SMILES string of the molecule is CNC(CS(=O)c1cccc(Cl)c1)c1ccccc1C. The zero-order valence-electron chi connectivity index (χ0n) is 11.6. The van der Waals surface area contributed by atoms with Crippen molar-refractivity contribution in [1.82, 2.24) is 5.32 Å². The fraction of sp³-hybridized carbons (Fsp3) is 0.250. The highest BCUT2D eigenvalue weighted by Gasteiger charge is 2.16. The molecule has 0 spiro atoms. The summed E-state index contributed by atoms with van der Waals surface area (Å²) in [7, 11) is 0.816. The summed E-state index contributed by atoms with van der Waals surface area (Å²) in [6, 6.07) is 15.5. The van der Waals surface area contributed by atoms with Crippen LogP contribution in [-0.4, -0.2) is 17.0 Å². The van der Waals surface area contributed by atoms with Gasteiger partial charge in [-0.05, 0) is 43.3 Å². The van der Waals surface area contributed by atoms with Gasteiger partial charge in [0.05, 0.1) is 10.8 Å². The number of hydrogen-bond donors (Lipinski definition) is 1. The van der Waals surface area contributed by atoms with Crippen molar-refractivity contribution in [3.05, 3.63) is 64.7 Å². The van der Waals surface area contributed by atoms with Crippen LogP contribution in [0.15, 0.2) is 53.4 Å². The van der Waals surface area contributed by atoms with Crippen LogP contribution < -0.4 is 5.32 Å². The minimum Gasteiger partial charge on any atom is -0.312 e. The molecule has 0 saturated carbocycles. The van der Waals surface area contributed by atoms with Crippen molar-refractivity contribution in [2.75, 3.05) is 12.8 Å². The van der Waals surface area contributed by atoms with Crippen molar-refractivity contribution in [1.29, 1.82) is 0 Å². The molecule has 2 aromatic rings. The van der Waals surface area contributed by atoms with Gasteiger partial charge in [0.2, 0.25) is 0 Å². The number of nitrogens with one attached hydrogen (secondary N) is 1. The first-order chi connectivity index (χ1) is 9.61. The molecule has 0 aliphatic heterocycles.